The number of anilines is 1. The van der Waals surface area contributed by atoms with E-state index in [4.69, 9.17) is 4.98 Å². The molecule has 2 aliphatic heterocycles. The van der Waals surface area contributed by atoms with Crippen molar-refractivity contribution in [3.63, 3.8) is 0 Å². The molecular formula is C17H29N5S. The number of aromatic nitrogens is 1. The second-order valence-electron chi connectivity index (χ2n) is 7.38. The first-order valence-electron chi connectivity index (χ1n) is 8.72. The van der Waals surface area contributed by atoms with Gasteiger partial charge in [-0.2, -0.15) is 0 Å². The first kappa shape index (κ1) is 16.6. The summed E-state index contributed by atoms with van der Waals surface area (Å²) < 4.78 is 0. The van der Waals surface area contributed by atoms with Crippen LogP contribution in [0.1, 0.15) is 38.8 Å². The van der Waals surface area contributed by atoms with E-state index in [1.807, 2.05) is 7.05 Å². The van der Waals surface area contributed by atoms with E-state index in [0.29, 0.717) is 5.41 Å². The number of aliphatic imine (C=N–C) groups is 1. The number of thiazole rings is 1. The quantitative estimate of drug-likeness (QED) is 0.678. The maximum Gasteiger partial charge on any atom is 0.193 e. The number of guanidine groups is 1. The van der Waals surface area contributed by atoms with Crippen molar-refractivity contribution >= 4 is 22.4 Å². The van der Waals surface area contributed by atoms with Gasteiger partial charge in [0.2, 0.25) is 0 Å². The standard InChI is InChI=1S/C17H29N5S/c1-17(2)7-11-22(13-17)15(18-3)19-8-6-14-12-23-16(20-14)21-9-4-5-10-21/h12H,4-11,13H2,1-3H3,(H,18,19). The monoisotopic (exact) mass is 335 g/mol. The maximum atomic E-state index is 4.79. The number of hydrogen-bond acceptors (Lipinski definition) is 4. The molecule has 1 aromatic rings. The van der Waals surface area contributed by atoms with E-state index in [0.717, 1.165) is 32.0 Å². The molecular weight excluding hydrogens is 306 g/mol. The van der Waals surface area contributed by atoms with Crippen molar-refractivity contribution in [2.24, 2.45) is 10.4 Å². The first-order chi connectivity index (χ1) is 11.1. The van der Waals surface area contributed by atoms with E-state index < -0.39 is 0 Å². The van der Waals surface area contributed by atoms with Crippen molar-refractivity contribution in [1.29, 1.82) is 0 Å². The summed E-state index contributed by atoms with van der Waals surface area (Å²) in [6.07, 6.45) is 4.80. The Morgan fingerprint density at radius 3 is 2.78 bits per heavy atom. The fourth-order valence-electron chi connectivity index (χ4n) is 3.39. The van der Waals surface area contributed by atoms with Crippen LogP contribution in [0, 0.1) is 5.41 Å². The molecule has 2 fully saturated rings. The highest BCUT2D eigenvalue weighted by Gasteiger charge is 2.30. The fourth-order valence-corrected chi connectivity index (χ4v) is 4.31. The average molecular weight is 336 g/mol. The van der Waals surface area contributed by atoms with E-state index in [-0.39, 0.29) is 0 Å². The third-order valence-electron chi connectivity index (χ3n) is 4.77. The van der Waals surface area contributed by atoms with Crippen LogP contribution >= 0.6 is 11.3 Å². The van der Waals surface area contributed by atoms with Gasteiger partial charge in [0, 0.05) is 51.6 Å². The van der Waals surface area contributed by atoms with Crippen LogP contribution in [0.25, 0.3) is 0 Å². The van der Waals surface area contributed by atoms with Crippen molar-refractivity contribution in [3.05, 3.63) is 11.1 Å². The SMILES string of the molecule is CN=C(NCCc1csc(N2CCCC2)n1)N1CCC(C)(C)C1. The highest BCUT2D eigenvalue weighted by atomic mass is 32.1. The summed E-state index contributed by atoms with van der Waals surface area (Å²) in [5.41, 5.74) is 1.60. The van der Waals surface area contributed by atoms with Crippen LogP contribution < -0.4 is 10.2 Å². The van der Waals surface area contributed by atoms with Gasteiger partial charge < -0.3 is 15.1 Å². The maximum absolute atomic E-state index is 4.79. The third kappa shape index (κ3) is 4.16. The summed E-state index contributed by atoms with van der Waals surface area (Å²) in [4.78, 5) is 14.0. The Balaban J connectivity index is 1.47. The molecule has 23 heavy (non-hydrogen) atoms. The molecule has 0 aliphatic carbocycles. The van der Waals surface area contributed by atoms with Crippen molar-refractivity contribution < 1.29 is 0 Å². The van der Waals surface area contributed by atoms with Gasteiger partial charge in [-0.05, 0) is 24.7 Å². The summed E-state index contributed by atoms with van der Waals surface area (Å²) >= 11 is 1.78. The van der Waals surface area contributed by atoms with Crippen LogP contribution in [0.5, 0.6) is 0 Å². The second kappa shape index (κ2) is 7.07. The van der Waals surface area contributed by atoms with Crippen LogP contribution in [0.2, 0.25) is 0 Å². The van der Waals surface area contributed by atoms with E-state index in [1.54, 1.807) is 11.3 Å². The largest absolute Gasteiger partial charge is 0.356 e. The van der Waals surface area contributed by atoms with E-state index in [9.17, 15) is 0 Å². The Bertz CT molecular complexity index is 545. The first-order valence-corrected chi connectivity index (χ1v) is 9.60. The second-order valence-corrected chi connectivity index (χ2v) is 8.21. The van der Waals surface area contributed by atoms with Gasteiger partial charge in [0.25, 0.3) is 0 Å². The van der Waals surface area contributed by atoms with Crippen LogP contribution in [0.15, 0.2) is 10.4 Å². The molecule has 1 N–H and O–H groups in total. The zero-order valence-electron chi connectivity index (χ0n) is 14.6. The zero-order valence-corrected chi connectivity index (χ0v) is 15.5. The number of likely N-dealkylation sites (tertiary alicyclic amines) is 1. The molecule has 3 heterocycles. The van der Waals surface area contributed by atoms with Crippen LogP contribution in [-0.2, 0) is 6.42 Å². The summed E-state index contributed by atoms with van der Waals surface area (Å²) in [7, 11) is 1.88. The minimum Gasteiger partial charge on any atom is -0.356 e. The average Bonchev–Trinajstić information content (AvgIpc) is 3.23. The Kier molecular flexibility index (Phi) is 5.09. The Hall–Kier alpha value is -1.30. The molecule has 0 atom stereocenters. The Labute approximate surface area is 143 Å². The fraction of sp³-hybridized carbons (Fsp3) is 0.765. The summed E-state index contributed by atoms with van der Waals surface area (Å²) in [6.45, 7) is 10.1. The summed E-state index contributed by atoms with van der Waals surface area (Å²) in [5, 5.41) is 6.91. The molecule has 0 aromatic carbocycles. The number of rotatable bonds is 4. The van der Waals surface area contributed by atoms with Gasteiger partial charge in [0.15, 0.2) is 11.1 Å². The molecule has 0 saturated carbocycles. The number of hydrogen-bond donors (Lipinski definition) is 1. The number of nitrogens with zero attached hydrogens (tertiary/aromatic N) is 4. The normalized spacial score (nSPS) is 21.3. The lowest BCUT2D eigenvalue weighted by molar-refractivity contribution is 0.370. The van der Waals surface area contributed by atoms with Gasteiger partial charge in [-0.3, -0.25) is 4.99 Å². The van der Waals surface area contributed by atoms with Gasteiger partial charge in [-0.1, -0.05) is 13.8 Å². The molecule has 0 radical (unpaired) electrons. The molecule has 3 rings (SSSR count). The van der Waals surface area contributed by atoms with Crippen molar-refractivity contribution in [3.8, 4) is 0 Å². The van der Waals surface area contributed by atoms with Crippen molar-refractivity contribution in [2.45, 2.75) is 39.5 Å². The van der Waals surface area contributed by atoms with E-state index in [1.165, 1.54) is 43.2 Å². The van der Waals surface area contributed by atoms with Gasteiger partial charge in [-0.15, -0.1) is 11.3 Å². The molecule has 0 unspecified atom stereocenters. The van der Waals surface area contributed by atoms with Gasteiger partial charge in [0.05, 0.1) is 5.69 Å². The highest BCUT2D eigenvalue weighted by molar-refractivity contribution is 7.13. The van der Waals surface area contributed by atoms with Gasteiger partial charge in [-0.25, -0.2) is 4.98 Å². The Morgan fingerprint density at radius 2 is 2.13 bits per heavy atom. The lowest BCUT2D eigenvalue weighted by atomic mass is 9.93. The molecule has 2 aliphatic rings. The minimum absolute atomic E-state index is 0.400. The lowest BCUT2D eigenvalue weighted by Crippen LogP contribution is -2.41. The van der Waals surface area contributed by atoms with E-state index in [2.05, 4.69) is 39.3 Å². The smallest absolute Gasteiger partial charge is 0.193 e. The third-order valence-corrected chi connectivity index (χ3v) is 5.72. The molecule has 5 nitrogen and oxygen atoms in total. The predicted octanol–water partition coefficient (Wildman–Crippen LogP) is 2.59. The molecule has 0 spiro atoms. The highest BCUT2D eigenvalue weighted by Crippen LogP contribution is 2.28. The van der Waals surface area contributed by atoms with Gasteiger partial charge >= 0.3 is 0 Å². The van der Waals surface area contributed by atoms with Crippen LogP contribution in [0.3, 0.4) is 0 Å². The molecule has 0 bridgehead atoms. The lowest BCUT2D eigenvalue weighted by Gasteiger charge is -2.23. The molecule has 2 saturated heterocycles. The zero-order chi connectivity index (χ0) is 16.3. The van der Waals surface area contributed by atoms with Crippen LogP contribution in [-0.4, -0.2) is 55.6 Å². The molecule has 0 amide bonds. The van der Waals surface area contributed by atoms with E-state index >= 15 is 0 Å². The molecule has 1 aromatic heterocycles. The molecule has 128 valence electrons. The Morgan fingerprint density at radius 1 is 1.35 bits per heavy atom. The van der Waals surface area contributed by atoms with Crippen molar-refractivity contribution in [1.82, 2.24) is 15.2 Å². The topological polar surface area (TPSA) is 43.8 Å². The van der Waals surface area contributed by atoms with Gasteiger partial charge in [0.1, 0.15) is 0 Å². The molecule has 6 heteroatoms. The predicted molar refractivity (Wildman–Crippen MR) is 98.6 cm³/mol. The summed E-state index contributed by atoms with van der Waals surface area (Å²) in [5.74, 6) is 1.03. The van der Waals surface area contributed by atoms with Crippen molar-refractivity contribution in [2.75, 3.05) is 44.7 Å². The number of nitrogens with one attached hydrogen (secondary N) is 1. The summed E-state index contributed by atoms with van der Waals surface area (Å²) in [6, 6.07) is 0. The minimum atomic E-state index is 0.400. The van der Waals surface area contributed by atoms with Crippen LogP contribution in [0.4, 0.5) is 5.13 Å².